The molecule has 0 aliphatic rings. The van der Waals surface area contributed by atoms with E-state index < -0.39 is 17.4 Å². The van der Waals surface area contributed by atoms with Crippen LogP contribution in [0.25, 0.3) is 28.4 Å². The van der Waals surface area contributed by atoms with Gasteiger partial charge in [0, 0.05) is 5.56 Å². The van der Waals surface area contributed by atoms with E-state index in [0.29, 0.717) is 11.1 Å². The summed E-state index contributed by atoms with van der Waals surface area (Å²) >= 11 is 0. The van der Waals surface area contributed by atoms with E-state index in [-0.39, 0.29) is 17.0 Å². The highest BCUT2D eigenvalue weighted by Crippen LogP contribution is 2.31. The fraction of sp³-hybridized carbons (Fsp3) is 0. The van der Waals surface area contributed by atoms with Gasteiger partial charge in [0.25, 0.3) is 0 Å². The molecular formula is C15H9F2NO2. The first-order valence-corrected chi connectivity index (χ1v) is 5.79. The van der Waals surface area contributed by atoms with Crippen molar-refractivity contribution >= 4 is 16.9 Å². The van der Waals surface area contributed by atoms with Crippen LogP contribution in [0.4, 0.5) is 8.78 Å². The first-order chi connectivity index (χ1) is 9.56. The SMILES string of the molecule is C=C(F)c1cccc2nc(-c3ccc(O)c(F)c3)oc12. The number of fused-ring (bicyclic) bond motifs is 1. The van der Waals surface area contributed by atoms with E-state index in [2.05, 4.69) is 11.6 Å². The summed E-state index contributed by atoms with van der Waals surface area (Å²) in [6.45, 7) is 3.24. The Kier molecular flexibility index (Phi) is 2.75. The largest absolute Gasteiger partial charge is 0.505 e. The van der Waals surface area contributed by atoms with Gasteiger partial charge >= 0.3 is 0 Å². The minimum absolute atomic E-state index is 0.146. The molecule has 0 aliphatic heterocycles. The van der Waals surface area contributed by atoms with Gasteiger partial charge in [0.2, 0.25) is 5.89 Å². The molecule has 0 fully saturated rings. The number of halogens is 2. The normalized spacial score (nSPS) is 10.9. The molecule has 3 nitrogen and oxygen atoms in total. The van der Waals surface area contributed by atoms with Crippen LogP contribution >= 0.6 is 0 Å². The first kappa shape index (κ1) is 12.3. The van der Waals surface area contributed by atoms with Crippen LogP contribution in [0.5, 0.6) is 5.75 Å². The Balaban J connectivity index is 2.20. The van der Waals surface area contributed by atoms with Gasteiger partial charge in [0.05, 0.1) is 5.56 Å². The molecule has 0 atom stereocenters. The number of phenolic OH excluding ortho intramolecular Hbond substituents is 1. The highest BCUT2D eigenvalue weighted by molar-refractivity contribution is 5.86. The summed E-state index contributed by atoms with van der Waals surface area (Å²) in [5, 5.41) is 9.16. The number of phenols is 1. The van der Waals surface area contributed by atoms with Gasteiger partial charge in [-0.15, -0.1) is 0 Å². The van der Waals surface area contributed by atoms with Crippen molar-refractivity contribution in [3.05, 3.63) is 54.4 Å². The molecule has 0 saturated heterocycles. The number of para-hydroxylation sites is 1. The standard InChI is InChI=1S/C15H9F2NO2/c1-8(16)10-3-2-4-12-14(10)20-15(18-12)9-5-6-13(19)11(17)7-9/h2-7,19H,1H2. The molecule has 0 spiro atoms. The van der Waals surface area contributed by atoms with Crippen LogP contribution in [0, 0.1) is 5.82 Å². The lowest BCUT2D eigenvalue weighted by Gasteiger charge is -1.98. The molecule has 100 valence electrons. The van der Waals surface area contributed by atoms with Crippen LogP contribution in [-0.2, 0) is 0 Å². The van der Waals surface area contributed by atoms with E-state index in [9.17, 15) is 8.78 Å². The number of aromatic nitrogens is 1. The van der Waals surface area contributed by atoms with Crippen LogP contribution in [0.3, 0.4) is 0 Å². The average Bonchev–Trinajstić information content (AvgIpc) is 2.85. The van der Waals surface area contributed by atoms with E-state index in [0.717, 1.165) is 6.07 Å². The van der Waals surface area contributed by atoms with Crippen LogP contribution in [0.2, 0.25) is 0 Å². The van der Waals surface area contributed by atoms with E-state index >= 15 is 0 Å². The molecule has 0 aliphatic carbocycles. The Labute approximate surface area is 112 Å². The van der Waals surface area contributed by atoms with Crippen LogP contribution in [0.1, 0.15) is 5.56 Å². The van der Waals surface area contributed by atoms with E-state index in [1.165, 1.54) is 18.2 Å². The summed E-state index contributed by atoms with van der Waals surface area (Å²) in [6, 6.07) is 8.58. The maximum absolute atomic E-state index is 13.3. The van der Waals surface area contributed by atoms with Gasteiger partial charge in [-0.25, -0.2) is 13.8 Å². The summed E-state index contributed by atoms with van der Waals surface area (Å²) in [5.41, 5.74) is 1.26. The smallest absolute Gasteiger partial charge is 0.227 e. The highest BCUT2D eigenvalue weighted by atomic mass is 19.1. The lowest BCUT2D eigenvalue weighted by atomic mass is 10.2. The third-order valence-electron chi connectivity index (χ3n) is 2.90. The van der Waals surface area contributed by atoms with Crippen molar-refractivity contribution in [3.63, 3.8) is 0 Å². The minimum atomic E-state index is -0.778. The zero-order chi connectivity index (χ0) is 14.3. The number of aromatic hydroxyl groups is 1. The second kappa shape index (κ2) is 4.45. The van der Waals surface area contributed by atoms with E-state index in [1.807, 2.05) is 0 Å². The zero-order valence-electron chi connectivity index (χ0n) is 10.2. The predicted molar refractivity (Wildman–Crippen MR) is 71.2 cm³/mol. The van der Waals surface area contributed by atoms with Crippen molar-refractivity contribution in [1.82, 2.24) is 4.98 Å². The van der Waals surface area contributed by atoms with Crippen molar-refractivity contribution in [1.29, 1.82) is 0 Å². The lowest BCUT2D eigenvalue weighted by Crippen LogP contribution is -1.80. The Bertz CT molecular complexity index is 824. The van der Waals surface area contributed by atoms with Crippen molar-refractivity contribution in [3.8, 4) is 17.2 Å². The molecule has 1 aromatic heterocycles. The van der Waals surface area contributed by atoms with Gasteiger partial charge in [0.1, 0.15) is 11.3 Å². The zero-order valence-corrected chi connectivity index (χ0v) is 10.2. The summed E-state index contributed by atoms with van der Waals surface area (Å²) in [4.78, 5) is 4.17. The molecule has 0 unspecified atom stereocenters. The summed E-state index contributed by atoms with van der Waals surface area (Å²) in [5.74, 6) is -1.72. The van der Waals surface area contributed by atoms with Crippen LogP contribution in [0.15, 0.2) is 47.4 Å². The molecule has 3 aromatic rings. The van der Waals surface area contributed by atoms with Crippen molar-refractivity contribution < 1.29 is 18.3 Å². The fourth-order valence-electron chi connectivity index (χ4n) is 1.93. The quantitative estimate of drug-likeness (QED) is 0.758. The number of rotatable bonds is 2. The fourth-order valence-corrected chi connectivity index (χ4v) is 1.93. The Morgan fingerprint density at radius 2 is 2.05 bits per heavy atom. The molecule has 3 rings (SSSR count). The molecule has 1 N–H and O–H groups in total. The molecular weight excluding hydrogens is 264 g/mol. The molecule has 0 bridgehead atoms. The Morgan fingerprint density at radius 1 is 1.25 bits per heavy atom. The molecule has 0 amide bonds. The topological polar surface area (TPSA) is 46.3 Å². The highest BCUT2D eigenvalue weighted by Gasteiger charge is 2.14. The molecule has 0 radical (unpaired) electrons. The maximum atomic E-state index is 13.3. The van der Waals surface area contributed by atoms with Crippen LogP contribution in [-0.4, -0.2) is 10.1 Å². The van der Waals surface area contributed by atoms with Gasteiger partial charge in [-0.3, -0.25) is 0 Å². The summed E-state index contributed by atoms with van der Waals surface area (Å²) < 4.78 is 32.1. The van der Waals surface area contributed by atoms with Crippen LogP contribution < -0.4 is 0 Å². The van der Waals surface area contributed by atoms with Crippen molar-refractivity contribution in [2.75, 3.05) is 0 Å². The minimum Gasteiger partial charge on any atom is -0.505 e. The first-order valence-electron chi connectivity index (χ1n) is 5.79. The van der Waals surface area contributed by atoms with Crippen molar-refractivity contribution in [2.24, 2.45) is 0 Å². The monoisotopic (exact) mass is 273 g/mol. The number of oxazole rings is 1. The van der Waals surface area contributed by atoms with Crippen molar-refractivity contribution in [2.45, 2.75) is 0 Å². The number of nitrogens with zero attached hydrogens (tertiary/aromatic N) is 1. The third-order valence-corrected chi connectivity index (χ3v) is 2.90. The van der Waals surface area contributed by atoms with Gasteiger partial charge in [-0.05, 0) is 30.3 Å². The van der Waals surface area contributed by atoms with Gasteiger partial charge in [-0.2, -0.15) is 0 Å². The van der Waals surface area contributed by atoms with Gasteiger partial charge < -0.3 is 9.52 Å². The third kappa shape index (κ3) is 1.93. The number of benzene rings is 2. The number of hydrogen-bond donors (Lipinski definition) is 1. The lowest BCUT2D eigenvalue weighted by molar-refractivity contribution is 0.432. The second-order valence-electron chi connectivity index (χ2n) is 4.24. The molecule has 20 heavy (non-hydrogen) atoms. The Morgan fingerprint density at radius 3 is 2.75 bits per heavy atom. The van der Waals surface area contributed by atoms with Gasteiger partial charge in [-0.1, -0.05) is 12.6 Å². The van der Waals surface area contributed by atoms with E-state index in [1.54, 1.807) is 12.1 Å². The molecule has 5 heteroatoms. The molecule has 0 saturated carbocycles. The number of hydrogen-bond acceptors (Lipinski definition) is 3. The van der Waals surface area contributed by atoms with Gasteiger partial charge in [0.15, 0.2) is 17.1 Å². The summed E-state index contributed by atoms with van der Waals surface area (Å²) in [6.07, 6.45) is 0. The van der Waals surface area contributed by atoms with E-state index in [4.69, 9.17) is 9.52 Å². The molecule has 1 heterocycles. The Hall–Kier alpha value is -2.69. The summed E-state index contributed by atoms with van der Waals surface area (Å²) in [7, 11) is 0. The molecule has 2 aromatic carbocycles. The maximum Gasteiger partial charge on any atom is 0.227 e. The second-order valence-corrected chi connectivity index (χ2v) is 4.24. The average molecular weight is 273 g/mol. The predicted octanol–water partition coefficient (Wildman–Crippen LogP) is 4.28.